The zero-order valence-electron chi connectivity index (χ0n) is 27.7. The molecule has 0 aromatic rings. The standard InChI is InChI=1S/C35H72N4O2/c1-3-5-7-9-11-13-15-17-19-21-23-25-29-39-35(41)27-31-37-33-32-36-30-26-34(40)38-28-24-22-20-18-16-14-12-10-8-6-4-2/h36-37H,3-33H2,1-2H3,(H,38,40)(H,39,41). The molecule has 0 spiro atoms. The predicted octanol–water partition coefficient (Wildman–Crippen LogP) is 8.19. The van der Waals surface area contributed by atoms with Gasteiger partial charge in [0, 0.05) is 52.1 Å². The lowest BCUT2D eigenvalue weighted by Gasteiger charge is -2.08. The molecule has 0 heterocycles. The van der Waals surface area contributed by atoms with Crippen LogP contribution in [0.1, 0.15) is 174 Å². The third-order valence-corrected chi connectivity index (χ3v) is 7.99. The molecule has 0 saturated heterocycles. The number of unbranched alkanes of at least 4 members (excludes halogenated alkanes) is 21. The van der Waals surface area contributed by atoms with Gasteiger partial charge in [-0.3, -0.25) is 9.59 Å². The zero-order chi connectivity index (χ0) is 29.9. The van der Waals surface area contributed by atoms with Gasteiger partial charge in [-0.2, -0.15) is 0 Å². The Kier molecular flexibility index (Phi) is 34.1. The van der Waals surface area contributed by atoms with Gasteiger partial charge in [-0.1, -0.05) is 149 Å². The molecular weight excluding hydrogens is 508 g/mol. The first kappa shape index (κ1) is 39.9. The maximum absolute atomic E-state index is 12.0. The summed E-state index contributed by atoms with van der Waals surface area (Å²) in [5, 5.41) is 12.7. The second-order valence-corrected chi connectivity index (χ2v) is 12.1. The van der Waals surface area contributed by atoms with Crippen molar-refractivity contribution in [2.75, 3.05) is 39.3 Å². The molecule has 0 saturated carbocycles. The lowest BCUT2D eigenvalue weighted by Crippen LogP contribution is -2.33. The smallest absolute Gasteiger partial charge is 0.221 e. The van der Waals surface area contributed by atoms with Crippen LogP contribution >= 0.6 is 0 Å². The molecule has 6 heteroatoms. The van der Waals surface area contributed by atoms with Crippen molar-refractivity contribution in [2.24, 2.45) is 0 Å². The molecule has 0 bridgehead atoms. The van der Waals surface area contributed by atoms with Crippen molar-refractivity contribution < 1.29 is 9.59 Å². The quantitative estimate of drug-likeness (QED) is 0.0578. The van der Waals surface area contributed by atoms with Gasteiger partial charge in [0.2, 0.25) is 11.8 Å². The third-order valence-electron chi connectivity index (χ3n) is 7.99. The number of carbonyl (C=O) groups excluding carboxylic acids is 2. The second-order valence-electron chi connectivity index (χ2n) is 12.1. The van der Waals surface area contributed by atoms with E-state index in [1.54, 1.807) is 0 Å². The van der Waals surface area contributed by atoms with Crippen molar-refractivity contribution in [3.63, 3.8) is 0 Å². The molecule has 41 heavy (non-hydrogen) atoms. The van der Waals surface area contributed by atoms with Crippen molar-refractivity contribution in [3.8, 4) is 0 Å². The van der Waals surface area contributed by atoms with E-state index >= 15 is 0 Å². The van der Waals surface area contributed by atoms with Crippen LogP contribution in [0.3, 0.4) is 0 Å². The molecule has 0 radical (unpaired) electrons. The lowest BCUT2D eigenvalue weighted by atomic mass is 10.1. The van der Waals surface area contributed by atoms with E-state index in [9.17, 15) is 9.59 Å². The summed E-state index contributed by atoms with van der Waals surface area (Å²) >= 11 is 0. The second kappa shape index (κ2) is 35.1. The number of amides is 2. The molecule has 0 aliphatic carbocycles. The van der Waals surface area contributed by atoms with E-state index in [-0.39, 0.29) is 11.8 Å². The molecule has 0 rings (SSSR count). The van der Waals surface area contributed by atoms with Crippen molar-refractivity contribution in [3.05, 3.63) is 0 Å². The maximum atomic E-state index is 12.0. The molecule has 2 amide bonds. The van der Waals surface area contributed by atoms with Crippen molar-refractivity contribution in [1.29, 1.82) is 0 Å². The Morgan fingerprint density at radius 1 is 0.341 bits per heavy atom. The summed E-state index contributed by atoms with van der Waals surface area (Å²) in [6.45, 7) is 9.17. The summed E-state index contributed by atoms with van der Waals surface area (Å²) in [4.78, 5) is 23.9. The molecule has 0 aromatic carbocycles. The summed E-state index contributed by atoms with van der Waals surface area (Å²) in [6.07, 6.45) is 31.7. The Labute approximate surface area is 256 Å². The maximum Gasteiger partial charge on any atom is 0.221 e. The minimum Gasteiger partial charge on any atom is -0.356 e. The first-order chi connectivity index (χ1) is 20.2. The molecule has 0 atom stereocenters. The molecule has 0 unspecified atom stereocenters. The average molecular weight is 581 g/mol. The van der Waals surface area contributed by atoms with Gasteiger partial charge in [-0.25, -0.2) is 0 Å². The van der Waals surface area contributed by atoms with E-state index in [4.69, 9.17) is 0 Å². The van der Waals surface area contributed by atoms with Crippen molar-refractivity contribution >= 4 is 11.8 Å². The number of nitrogens with one attached hydrogen (secondary N) is 4. The first-order valence-corrected chi connectivity index (χ1v) is 18.2. The Morgan fingerprint density at radius 3 is 0.902 bits per heavy atom. The van der Waals surface area contributed by atoms with E-state index in [0.717, 1.165) is 39.0 Å². The minimum atomic E-state index is 0.141. The van der Waals surface area contributed by atoms with Crippen LogP contribution in [0, 0.1) is 0 Å². The minimum absolute atomic E-state index is 0.141. The van der Waals surface area contributed by atoms with Crippen LogP contribution in [0.5, 0.6) is 0 Å². The van der Waals surface area contributed by atoms with Crippen LogP contribution < -0.4 is 21.3 Å². The van der Waals surface area contributed by atoms with Crippen LogP contribution in [-0.4, -0.2) is 51.1 Å². The topological polar surface area (TPSA) is 82.3 Å². The SMILES string of the molecule is CCCCCCCCCCCCCCNC(=O)CCNCCNCCC(=O)NCCCCCCCCCCCCC. The van der Waals surface area contributed by atoms with Gasteiger partial charge < -0.3 is 21.3 Å². The fourth-order valence-corrected chi connectivity index (χ4v) is 5.22. The molecular formula is C35H72N4O2. The lowest BCUT2D eigenvalue weighted by molar-refractivity contribution is -0.121. The van der Waals surface area contributed by atoms with Gasteiger partial charge in [-0.15, -0.1) is 0 Å². The molecule has 4 N–H and O–H groups in total. The summed E-state index contributed by atoms with van der Waals surface area (Å²) in [5.74, 6) is 0.283. The Balaban J connectivity index is 3.24. The Morgan fingerprint density at radius 2 is 0.610 bits per heavy atom. The van der Waals surface area contributed by atoms with Gasteiger partial charge in [0.15, 0.2) is 0 Å². The van der Waals surface area contributed by atoms with Crippen LogP contribution in [0.2, 0.25) is 0 Å². The predicted molar refractivity (Wildman–Crippen MR) is 179 cm³/mol. The molecule has 0 fully saturated rings. The third kappa shape index (κ3) is 35.0. The number of carbonyl (C=O) groups is 2. The van der Waals surface area contributed by atoms with Crippen molar-refractivity contribution in [1.82, 2.24) is 21.3 Å². The van der Waals surface area contributed by atoms with E-state index in [1.165, 1.54) is 135 Å². The summed E-state index contributed by atoms with van der Waals surface area (Å²) in [7, 11) is 0. The first-order valence-electron chi connectivity index (χ1n) is 18.2. The normalized spacial score (nSPS) is 11.2. The zero-order valence-corrected chi connectivity index (χ0v) is 27.7. The monoisotopic (exact) mass is 581 g/mol. The molecule has 244 valence electrons. The highest BCUT2D eigenvalue weighted by molar-refractivity contribution is 5.76. The summed E-state index contributed by atoms with van der Waals surface area (Å²) in [6, 6.07) is 0. The van der Waals surface area contributed by atoms with Crippen molar-refractivity contribution in [2.45, 2.75) is 174 Å². The fourth-order valence-electron chi connectivity index (χ4n) is 5.22. The summed E-state index contributed by atoms with van der Waals surface area (Å²) in [5.41, 5.74) is 0. The molecule has 0 aliphatic heterocycles. The van der Waals surface area contributed by atoms with E-state index in [0.29, 0.717) is 25.9 Å². The van der Waals surface area contributed by atoms with Gasteiger partial charge in [0.25, 0.3) is 0 Å². The highest BCUT2D eigenvalue weighted by Gasteiger charge is 2.02. The Bertz CT molecular complexity index is 544. The van der Waals surface area contributed by atoms with Gasteiger partial charge in [-0.05, 0) is 12.8 Å². The number of rotatable bonds is 34. The molecule has 0 aliphatic rings. The molecule has 6 nitrogen and oxygen atoms in total. The summed E-state index contributed by atoms with van der Waals surface area (Å²) < 4.78 is 0. The van der Waals surface area contributed by atoms with Crippen LogP contribution in [0.25, 0.3) is 0 Å². The fraction of sp³-hybridized carbons (Fsp3) is 0.943. The van der Waals surface area contributed by atoms with E-state index in [2.05, 4.69) is 35.1 Å². The van der Waals surface area contributed by atoms with E-state index < -0.39 is 0 Å². The molecule has 0 aromatic heterocycles. The highest BCUT2D eigenvalue weighted by Crippen LogP contribution is 2.12. The van der Waals surface area contributed by atoms with E-state index in [1.807, 2.05) is 0 Å². The largest absolute Gasteiger partial charge is 0.356 e. The van der Waals surface area contributed by atoms with Crippen LogP contribution in [0.15, 0.2) is 0 Å². The van der Waals surface area contributed by atoms with Gasteiger partial charge in [0.05, 0.1) is 0 Å². The number of hydrogen-bond acceptors (Lipinski definition) is 4. The highest BCUT2D eigenvalue weighted by atomic mass is 16.2. The number of hydrogen-bond donors (Lipinski definition) is 4. The average Bonchev–Trinajstić information content (AvgIpc) is 2.97. The Hall–Kier alpha value is -1.14. The van der Waals surface area contributed by atoms with Gasteiger partial charge in [0.1, 0.15) is 0 Å². The van der Waals surface area contributed by atoms with Gasteiger partial charge >= 0.3 is 0 Å². The van der Waals surface area contributed by atoms with Crippen LogP contribution in [-0.2, 0) is 9.59 Å². The van der Waals surface area contributed by atoms with Crippen LogP contribution in [0.4, 0.5) is 0 Å².